The molecule has 1 N–H and O–H groups in total. The van der Waals surface area contributed by atoms with Crippen molar-refractivity contribution in [1.29, 1.82) is 0 Å². The molecule has 0 atom stereocenters. The van der Waals surface area contributed by atoms with Gasteiger partial charge in [-0.25, -0.2) is 9.18 Å². The number of hydrogen-bond acceptors (Lipinski definition) is 4. The average molecular weight is 284 g/mol. The summed E-state index contributed by atoms with van der Waals surface area (Å²) in [7, 11) is 0. The van der Waals surface area contributed by atoms with Gasteiger partial charge in [-0.05, 0) is 36.4 Å². The van der Waals surface area contributed by atoms with Gasteiger partial charge >= 0.3 is 5.63 Å². The summed E-state index contributed by atoms with van der Waals surface area (Å²) < 4.78 is 17.9. The predicted molar refractivity (Wildman–Crippen MR) is 74.0 cm³/mol. The Kier molecular flexibility index (Phi) is 3.02. The van der Waals surface area contributed by atoms with E-state index in [1.54, 1.807) is 12.1 Å². The minimum Gasteiger partial charge on any atom is -0.506 e. The van der Waals surface area contributed by atoms with Crippen LogP contribution in [0.4, 0.5) is 4.39 Å². The third-order valence-electron chi connectivity index (χ3n) is 3.12. The van der Waals surface area contributed by atoms with E-state index in [4.69, 9.17) is 4.42 Å². The van der Waals surface area contributed by atoms with Gasteiger partial charge in [-0.15, -0.1) is 0 Å². The lowest BCUT2D eigenvalue weighted by Gasteiger charge is -2.05. The lowest BCUT2D eigenvalue weighted by atomic mass is 10.0. The van der Waals surface area contributed by atoms with Crippen molar-refractivity contribution >= 4 is 16.8 Å². The van der Waals surface area contributed by atoms with Crippen LogP contribution in [-0.4, -0.2) is 10.9 Å². The van der Waals surface area contributed by atoms with Crippen LogP contribution in [0.15, 0.2) is 57.7 Å². The van der Waals surface area contributed by atoms with Crippen LogP contribution in [-0.2, 0) is 0 Å². The maximum absolute atomic E-state index is 12.9. The summed E-state index contributed by atoms with van der Waals surface area (Å²) in [6.45, 7) is 0. The number of fused-ring (bicyclic) bond motifs is 1. The molecule has 5 heteroatoms. The molecule has 0 radical (unpaired) electrons. The molecule has 1 aromatic heterocycles. The second kappa shape index (κ2) is 4.86. The topological polar surface area (TPSA) is 67.5 Å². The first-order valence-corrected chi connectivity index (χ1v) is 6.13. The molecule has 0 spiro atoms. The van der Waals surface area contributed by atoms with Crippen molar-refractivity contribution in [3.05, 3.63) is 75.9 Å². The molecule has 3 rings (SSSR count). The summed E-state index contributed by atoms with van der Waals surface area (Å²) in [4.78, 5) is 24.2. The molecule has 0 bridgehead atoms. The van der Waals surface area contributed by atoms with Crippen LogP contribution in [0.5, 0.6) is 5.75 Å². The van der Waals surface area contributed by atoms with E-state index in [0.29, 0.717) is 0 Å². The molecule has 0 aliphatic carbocycles. The fraction of sp³-hybridized carbons (Fsp3) is 0. The first kappa shape index (κ1) is 13.1. The first-order valence-electron chi connectivity index (χ1n) is 6.13. The Morgan fingerprint density at radius 2 is 1.71 bits per heavy atom. The molecule has 0 amide bonds. The van der Waals surface area contributed by atoms with Gasteiger partial charge in [-0.1, -0.05) is 12.1 Å². The lowest BCUT2D eigenvalue weighted by molar-refractivity contribution is 0.103. The van der Waals surface area contributed by atoms with Crippen LogP contribution in [0, 0.1) is 5.82 Å². The van der Waals surface area contributed by atoms with Gasteiger partial charge in [-0.3, -0.25) is 4.79 Å². The quantitative estimate of drug-likeness (QED) is 0.580. The average Bonchev–Trinajstić information content (AvgIpc) is 2.48. The van der Waals surface area contributed by atoms with E-state index >= 15 is 0 Å². The fourth-order valence-corrected chi connectivity index (χ4v) is 2.08. The van der Waals surface area contributed by atoms with Gasteiger partial charge in [-0.2, -0.15) is 0 Å². The third kappa shape index (κ3) is 2.18. The Labute approximate surface area is 118 Å². The SMILES string of the molecule is O=C(c1ccc(F)cc1)c1c(O)c2ccccc2oc1=O. The fourth-order valence-electron chi connectivity index (χ4n) is 2.08. The molecular formula is C16H9FO4. The van der Waals surface area contributed by atoms with Crippen LogP contribution in [0.3, 0.4) is 0 Å². The van der Waals surface area contributed by atoms with Gasteiger partial charge in [0.15, 0.2) is 5.56 Å². The molecule has 4 nitrogen and oxygen atoms in total. The van der Waals surface area contributed by atoms with E-state index < -0.39 is 28.5 Å². The Morgan fingerprint density at radius 3 is 2.43 bits per heavy atom. The van der Waals surface area contributed by atoms with Crippen molar-refractivity contribution in [2.24, 2.45) is 0 Å². The lowest BCUT2D eigenvalue weighted by Crippen LogP contribution is -2.15. The minimum absolute atomic E-state index is 0.0919. The summed E-state index contributed by atoms with van der Waals surface area (Å²) in [6.07, 6.45) is 0. The zero-order valence-corrected chi connectivity index (χ0v) is 10.7. The molecular weight excluding hydrogens is 275 g/mol. The second-order valence-corrected chi connectivity index (χ2v) is 4.45. The second-order valence-electron chi connectivity index (χ2n) is 4.45. The van der Waals surface area contributed by atoms with Gasteiger partial charge in [0.05, 0.1) is 5.39 Å². The molecule has 0 fully saturated rings. The monoisotopic (exact) mass is 284 g/mol. The zero-order chi connectivity index (χ0) is 15.0. The summed E-state index contributed by atoms with van der Waals surface area (Å²) >= 11 is 0. The number of benzene rings is 2. The van der Waals surface area contributed by atoms with Crippen molar-refractivity contribution < 1.29 is 18.7 Å². The van der Waals surface area contributed by atoms with Crippen LogP contribution in [0.25, 0.3) is 11.0 Å². The van der Waals surface area contributed by atoms with Gasteiger partial charge in [0, 0.05) is 5.56 Å². The van der Waals surface area contributed by atoms with Crippen LogP contribution < -0.4 is 5.63 Å². The highest BCUT2D eigenvalue weighted by Crippen LogP contribution is 2.27. The Balaban J connectivity index is 2.22. The van der Waals surface area contributed by atoms with Gasteiger partial charge < -0.3 is 9.52 Å². The molecule has 0 unspecified atom stereocenters. The van der Waals surface area contributed by atoms with E-state index in [1.807, 2.05) is 0 Å². The highest BCUT2D eigenvalue weighted by molar-refractivity contribution is 6.12. The van der Waals surface area contributed by atoms with E-state index in [0.717, 1.165) is 12.1 Å². The third-order valence-corrected chi connectivity index (χ3v) is 3.12. The highest BCUT2D eigenvalue weighted by Gasteiger charge is 2.21. The molecule has 3 aromatic rings. The number of aromatic hydroxyl groups is 1. The predicted octanol–water partition coefficient (Wildman–Crippen LogP) is 2.87. The van der Waals surface area contributed by atoms with E-state index in [1.165, 1.54) is 24.3 Å². The first-order chi connectivity index (χ1) is 10.1. The maximum Gasteiger partial charge on any atom is 0.351 e. The summed E-state index contributed by atoms with van der Waals surface area (Å²) in [6, 6.07) is 11.0. The maximum atomic E-state index is 12.9. The molecule has 0 saturated carbocycles. The number of hydrogen-bond donors (Lipinski definition) is 1. The van der Waals surface area contributed by atoms with Crippen molar-refractivity contribution in [1.82, 2.24) is 0 Å². The van der Waals surface area contributed by atoms with E-state index in [9.17, 15) is 19.1 Å². The van der Waals surface area contributed by atoms with E-state index in [-0.39, 0.29) is 16.5 Å². The normalized spacial score (nSPS) is 10.7. The molecule has 21 heavy (non-hydrogen) atoms. The standard InChI is InChI=1S/C16H9FO4/c17-10-7-5-9(6-8-10)14(18)13-15(19)11-3-1-2-4-12(11)21-16(13)20/h1-8,19H. The van der Waals surface area contributed by atoms with Crippen LogP contribution in [0.2, 0.25) is 0 Å². The van der Waals surface area contributed by atoms with Gasteiger partial charge in [0.25, 0.3) is 0 Å². The number of carbonyl (C=O) groups is 1. The number of rotatable bonds is 2. The summed E-state index contributed by atoms with van der Waals surface area (Å²) in [5.74, 6) is -1.65. The number of ketones is 1. The molecule has 2 aromatic carbocycles. The molecule has 0 aliphatic rings. The number of carbonyl (C=O) groups excluding carboxylic acids is 1. The summed E-state index contributed by atoms with van der Waals surface area (Å²) in [5, 5.41) is 10.4. The molecule has 0 aliphatic heterocycles. The Bertz CT molecular complexity index is 894. The van der Waals surface area contributed by atoms with Crippen molar-refractivity contribution in [2.75, 3.05) is 0 Å². The zero-order valence-electron chi connectivity index (χ0n) is 10.7. The number of para-hydroxylation sites is 1. The molecule has 1 heterocycles. The molecule has 0 saturated heterocycles. The van der Waals surface area contributed by atoms with Gasteiger partial charge in [0.2, 0.25) is 5.78 Å². The smallest absolute Gasteiger partial charge is 0.351 e. The largest absolute Gasteiger partial charge is 0.506 e. The van der Waals surface area contributed by atoms with Gasteiger partial charge in [0.1, 0.15) is 17.1 Å². The van der Waals surface area contributed by atoms with Crippen molar-refractivity contribution in [3.8, 4) is 5.75 Å². The van der Waals surface area contributed by atoms with Crippen LogP contribution >= 0.6 is 0 Å². The highest BCUT2D eigenvalue weighted by atomic mass is 19.1. The summed E-state index contributed by atoms with van der Waals surface area (Å²) in [5.41, 5.74) is -1.11. The number of halogens is 1. The Hall–Kier alpha value is -2.95. The van der Waals surface area contributed by atoms with E-state index in [2.05, 4.69) is 0 Å². The molecule has 104 valence electrons. The van der Waals surface area contributed by atoms with Crippen LogP contribution in [0.1, 0.15) is 15.9 Å². The minimum atomic E-state index is -0.930. The van der Waals surface area contributed by atoms with Crippen molar-refractivity contribution in [2.45, 2.75) is 0 Å². The Morgan fingerprint density at radius 1 is 1.05 bits per heavy atom. The van der Waals surface area contributed by atoms with Crippen molar-refractivity contribution in [3.63, 3.8) is 0 Å².